The topological polar surface area (TPSA) is 13.1 Å². The highest BCUT2D eigenvalue weighted by Crippen LogP contribution is 2.46. The Morgan fingerprint density at radius 1 is 0.458 bits per heavy atom. The first-order valence-electron chi connectivity index (χ1n) is 16.5. The van der Waals surface area contributed by atoms with E-state index in [0.717, 1.165) is 39.0 Å². The summed E-state index contributed by atoms with van der Waals surface area (Å²) < 4.78 is 6.56. The standard InChI is InChI=1S/C47H32O/c1-3-35-38-27-26-33(29-44(38)48-47(35)36-19-6-4-14-30(36)2)32-17-12-18-34(28-32)45-40-21-8-10-23-42(40)46(43-24-11-9-22-41(43)45)39-25-13-16-31-15-5-7-20-37(31)39/h3-29H,1H2,2H3. The molecule has 1 heteroatoms. The first-order chi connectivity index (χ1) is 23.7. The average Bonchev–Trinajstić information content (AvgIpc) is 3.51. The van der Waals surface area contributed by atoms with E-state index in [0.29, 0.717) is 0 Å². The van der Waals surface area contributed by atoms with Crippen LogP contribution in [0.2, 0.25) is 0 Å². The van der Waals surface area contributed by atoms with Crippen LogP contribution in [0.3, 0.4) is 0 Å². The molecule has 0 aliphatic carbocycles. The fraction of sp³-hybridized carbons (Fsp3) is 0.0213. The minimum atomic E-state index is 0.862. The third-order valence-corrected chi connectivity index (χ3v) is 9.80. The lowest BCUT2D eigenvalue weighted by Gasteiger charge is -2.19. The molecule has 48 heavy (non-hydrogen) atoms. The van der Waals surface area contributed by atoms with Crippen molar-refractivity contribution in [3.63, 3.8) is 0 Å². The predicted octanol–water partition coefficient (Wildman–Crippen LogP) is 13.5. The number of hydrogen-bond acceptors (Lipinski definition) is 1. The van der Waals surface area contributed by atoms with Crippen LogP contribution in [0.15, 0.2) is 169 Å². The lowest BCUT2D eigenvalue weighted by Crippen LogP contribution is -1.92. The molecule has 1 aromatic heterocycles. The molecular formula is C47H32O. The summed E-state index contributed by atoms with van der Waals surface area (Å²) in [6, 6.07) is 56.9. The van der Waals surface area contributed by atoms with Crippen LogP contribution in [0.4, 0.5) is 0 Å². The van der Waals surface area contributed by atoms with E-state index in [1.165, 1.54) is 60.1 Å². The Balaban J connectivity index is 1.24. The van der Waals surface area contributed by atoms with Crippen molar-refractivity contribution in [2.24, 2.45) is 0 Å². The van der Waals surface area contributed by atoms with E-state index in [1.54, 1.807) is 0 Å². The number of rotatable bonds is 5. The van der Waals surface area contributed by atoms with Crippen LogP contribution in [-0.2, 0) is 0 Å². The summed E-state index contributed by atoms with van der Waals surface area (Å²) in [4.78, 5) is 0. The second-order valence-corrected chi connectivity index (χ2v) is 12.5. The normalized spacial score (nSPS) is 11.5. The van der Waals surface area contributed by atoms with Gasteiger partial charge in [-0.25, -0.2) is 0 Å². The molecule has 0 saturated carbocycles. The fourth-order valence-corrected chi connectivity index (χ4v) is 7.55. The van der Waals surface area contributed by atoms with Gasteiger partial charge in [-0.15, -0.1) is 0 Å². The molecule has 0 saturated heterocycles. The maximum atomic E-state index is 6.56. The Hall–Kier alpha value is -6.18. The van der Waals surface area contributed by atoms with E-state index in [-0.39, 0.29) is 0 Å². The van der Waals surface area contributed by atoms with Gasteiger partial charge in [0.1, 0.15) is 11.3 Å². The van der Waals surface area contributed by atoms with Crippen LogP contribution >= 0.6 is 0 Å². The molecule has 0 N–H and O–H groups in total. The van der Waals surface area contributed by atoms with Crippen molar-refractivity contribution in [1.82, 2.24) is 0 Å². The molecule has 1 nitrogen and oxygen atoms in total. The monoisotopic (exact) mass is 612 g/mol. The Labute approximate surface area is 280 Å². The van der Waals surface area contributed by atoms with Gasteiger partial charge < -0.3 is 4.42 Å². The van der Waals surface area contributed by atoms with Gasteiger partial charge in [0, 0.05) is 16.5 Å². The predicted molar refractivity (Wildman–Crippen MR) is 205 cm³/mol. The van der Waals surface area contributed by atoms with E-state index in [2.05, 4.69) is 171 Å². The highest BCUT2D eigenvalue weighted by molar-refractivity contribution is 6.23. The van der Waals surface area contributed by atoms with Gasteiger partial charge in [-0.1, -0.05) is 152 Å². The Kier molecular flexibility index (Phi) is 6.59. The molecule has 0 aliphatic heterocycles. The zero-order valence-corrected chi connectivity index (χ0v) is 26.7. The number of benzene rings is 8. The summed E-state index contributed by atoms with van der Waals surface area (Å²) in [6.07, 6.45) is 1.91. The summed E-state index contributed by atoms with van der Waals surface area (Å²) in [7, 11) is 0. The van der Waals surface area contributed by atoms with Gasteiger partial charge >= 0.3 is 0 Å². The van der Waals surface area contributed by atoms with Gasteiger partial charge in [-0.3, -0.25) is 0 Å². The largest absolute Gasteiger partial charge is 0.455 e. The van der Waals surface area contributed by atoms with Crippen molar-refractivity contribution in [2.75, 3.05) is 0 Å². The lowest BCUT2D eigenvalue weighted by molar-refractivity contribution is 0.630. The van der Waals surface area contributed by atoms with E-state index in [1.807, 2.05) is 6.08 Å². The maximum Gasteiger partial charge on any atom is 0.142 e. The second-order valence-electron chi connectivity index (χ2n) is 12.5. The first-order valence-corrected chi connectivity index (χ1v) is 16.5. The third-order valence-electron chi connectivity index (χ3n) is 9.80. The molecule has 0 bridgehead atoms. The highest BCUT2D eigenvalue weighted by atomic mass is 16.3. The molecule has 0 spiro atoms. The van der Waals surface area contributed by atoms with Crippen LogP contribution in [-0.4, -0.2) is 0 Å². The third kappa shape index (κ3) is 4.40. The smallest absolute Gasteiger partial charge is 0.142 e. The molecule has 1 heterocycles. The fourth-order valence-electron chi connectivity index (χ4n) is 7.55. The Bertz CT molecular complexity index is 2640. The van der Waals surface area contributed by atoms with Crippen LogP contribution in [0.1, 0.15) is 11.1 Å². The molecule has 226 valence electrons. The van der Waals surface area contributed by atoms with E-state index in [9.17, 15) is 0 Å². The quantitative estimate of drug-likeness (QED) is 0.176. The summed E-state index contributed by atoms with van der Waals surface area (Å²) in [5, 5.41) is 8.59. The SMILES string of the molecule is C=Cc1c(-c2ccccc2C)oc2cc(-c3cccc(-c4c5ccccc5c(-c5cccc6ccccc56)c5ccccc45)c3)ccc12. The minimum Gasteiger partial charge on any atom is -0.455 e. The Morgan fingerprint density at radius 2 is 1.02 bits per heavy atom. The molecule has 0 amide bonds. The second kappa shape index (κ2) is 11.3. The van der Waals surface area contributed by atoms with E-state index >= 15 is 0 Å². The molecule has 0 aliphatic rings. The van der Waals surface area contributed by atoms with Crippen molar-refractivity contribution in [3.8, 4) is 44.7 Å². The van der Waals surface area contributed by atoms with Gasteiger partial charge in [0.05, 0.1) is 0 Å². The average molecular weight is 613 g/mol. The summed E-state index contributed by atoms with van der Waals surface area (Å²) >= 11 is 0. The first kappa shape index (κ1) is 28.1. The van der Waals surface area contributed by atoms with Crippen LogP contribution in [0.25, 0.3) is 94.1 Å². The zero-order valence-electron chi connectivity index (χ0n) is 26.7. The van der Waals surface area contributed by atoms with Crippen molar-refractivity contribution in [3.05, 3.63) is 175 Å². The van der Waals surface area contributed by atoms with Crippen molar-refractivity contribution < 1.29 is 4.42 Å². The van der Waals surface area contributed by atoms with Crippen molar-refractivity contribution in [2.45, 2.75) is 6.92 Å². The highest BCUT2D eigenvalue weighted by Gasteiger charge is 2.19. The molecule has 0 unspecified atom stereocenters. The van der Waals surface area contributed by atoms with Gasteiger partial charge in [0.25, 0.3) is 0 Å². The Morgan fingerprint density at radius 3 is 1.75 bits per heavy atom. The van der Waals surface area contributed by atoms with E-state index in [4.69, 9.17) is 4.42 Å². The summed E-state index contributed by atoms with van der Waals surface area (Å²) in [5.74, 6) is 0.869. The van der Waals surface area contributed by atoms with Crippen LogP contribution < -0.4 is 0 Å². The molecular weight excluding hydrogens is 581 g/mol. The molecule has 9 aromatic rings. The molecule has 0 fully saturated rings. The van der Waals surface area contributed by atoms with Gasteiger partial charge in [0.15, 0.2) is 0 Å². The molecule has 9 rings (SSSR count). The minimum absolute atomic E-state index is 0.862. The number of furan rings is 1. The van der Waals surface area contributed by atoms with Gasteiger partial charge in [-0.2, -0.15) is 0 Å². The number of aryl methyl sites for hydroxylation is 1. The molecule has 8 aromatic carbocycles. The summed E-state index contributed by atoms with van der Waals surface area (Å²) in [5.41, 5.74) is 11.4. The maximum absolute atomic E-state index is 6.56. The zero-order chi connectivity index (χ0) is 32.2. The lowest BCUT2D eigenvalue weighted by atomic mass is 9.84. The van der Waals surface area contributed by atoms with Gasteiger partial charge in [-0.05, 0) is 96.4 Å². The molecule has 0 radical (unpaired) electrons. The van der Waals surface area contributed by atoms with E-state index < -0.39 is 0 Å². The van der Waals surface area contributed by atoms with Crippen molar-refractivity contribution >= 4 is 49.4 Å². The van der Waals surface area contributed by atoms with Crippen molar-refractivity contribution in [1.29, 1.82) is 0 Å². The van der Waals surface area contributed by atoms with Crippen LogP contribution in [0.5, 0.6) is 0 Å². The van der Waals surface area contributed by atoms with Crippen LogP contribution in [0, 0.1) is 6.92 Å². The number of hydrogen-bond donors (Lipinski definition) is 0. The molecule has 0 atom stereocenters. The number of fused-ring (bicyclic) bond motifs is 4. The van der Waals surface area contributed by atoms with Gasteiger partial charge in [0.2, 0.25) is 0 Å². The summed E-state index contributed by atoms with van der Waals surface area (Å²) in [6.45, 7) is 6.24.